The Hall–Kier alpha value is -2.69. The second kappa shape index (κ2) is 6.19. The SMILES string of the molecule is O=C(CN1C(=O)[C@H]2[C@H](C1=O)[C@H]1C=C[C@H]2C1)N1CC=C(c2ccccc2)CC1. The standard InChI is InChI=1S/C22H22N2O3/c25-18(23-10-8-15(9-11-23)14-4-2-1-3-5-14)13-24-21(26)19-16-6-7-17(12-16)20(19)22(24)27/h1-8,16-17,19-20H,9-13H2/t16-,17-,19+,20+/m0/s1. The van der Waals surface area contributed by atoms with Crippen molar-refractivity contribution in [3.05, 3.63) is 54.1 Å². The molecular weight excluding hydrogens is 340 g/mol. The molecule has 5 heteroatoms. The molecule has 2 aliphatic heterocycles. The molecule has 4 atom stereocenters. The molecule has 1 aromatic carbocycles. The third kappa shape index (κ3) is 2.56. The molecule has 0 N–H and O–H groups in total. The highest BCUT2D eigenvalue weighted by Gasteiger charge is 2.59. The first-order chi connectivity index (χ1) is 13.1. The van der Waals surface area contributed by atoms with Gasteiger partial charge in [0.25, 0.3) is 0 Å². The number of amides is 3. The lowest BCUT2D eigenvalue weighted by Crippen LogP contribution is -2.45. The van der Waals surface area contributed by atoms with Crippen molar-refractivity contribution in [2.24, 2.45) is 23.7 Å². The molecule has 27 heavy (non-hydrogen) atoms. The van der Waals surface area contributed by atoms with Crippen LogP contribution in [0.2, 0.25) is 0 Å². The van der Waals surface area contributed by atoms with Gasteiger partial charge in [-0.2, -0.15) is 0 Å². The van der Waals surface area contributed by atoms with Crippen LogP contribution in [0.3, 0.4) is 0 Å². The summed E-state index contributed by atoms with van der Waals surface area (Å²) in [5, 5.41) is 0. The fourth-order valence-corrected chi connectivity index (χ4v) is 5.17. The quantitative estimate of drug-likeness (QED) is 0.611. The maximum atomic E-state index is 12.7. The Morgan fingerprint density at radius 3 is 2.26 bits per heavy atom. The van der Waals surface area contributed by atoms with E-state index in [1.165, 1.54) is 16.0 Å². The van der Waals surface area contributed by atoms with Crippen LogP contribution in [0, 0.1) is 23.7 Å². The number of nitrogens with zero attached hydrogens (tertiary/aromatic N) is 2. The topological polar surface area (TPSA) is 57.7 Å². The minimum atomic E-state index is -0.230. The molecular formula is C22H22N2O3. The number of hydrogen-bond donors (Lipinski definition) is 0. The van der Waals surface area contributed by atoms with E-state index in [1.807, 2.05) is 18.2 Å². The molecule has 0 spiro atoms. The summed E-state index contributed by atoms with van der Waals surface area (Å²) < 4.78 is 0. The van der Waals surface area contributed by atoms with Crippen LogP contribution in [0.15, 0.2) is 48.6 Å². The second-order valence-corrected chi connectivity index (χ2v) is 7.95. The third-order valence-corrected chi connectivity index (χ3v) is 6.56. The molecule has 138 valence electrons. The Morgan fingerprint density at radius 1 is 1.00 bits per heavy atom. The van der Waals surface area contributed by atoms with Crippen molar-refractivity contribution in [3.8, 4) is 0 Å². The summed E-state index contributed by atoms with van der Waals surface area (Å²) in [6, 6.07) is 10.2. The second-order valence-electron chi connectivity index (χ2n) is 7.95. The van der Waals surface area contributed by atoms with Crippen molar-refractivity contribution in [1.82, 2.24) is 9.80 Å². The average molecular weight is 362 g/mol. The maximum absolute atomic E-state index is 12.7. The molecule has 2 heterocycles. The van der Waals surface area contributed by atoms with Gasteiger partial charge in [-0.05, 0) is 35.8 Å². The number of allylic oxidation sites excluding steroid dienone is 2. The molecule has 2 bridgehead atoms. The van der Waals surface area contributed by atoms with Crippen LogP contribution >= 0.6 is 0 Å². The molecule has 1 aromatic rings. The number of benzene rings is 1. The average Bonchev–Trinajstić information content (AvgIpc) is 3.39. The molecule has 3 amide bonds. The summed E-state index contributed by atoms with van der Waals surface area (Å²) >= 11 is 0. The van der Waals surface area contributed by atoms with Gasteiger partial charge in [0.05, 0.1) is 11.8 Å². The number of carbonyl (C=O) groups excluding carboxylic acids is 3. The molecule has 4 aliphatic rings. The predicted molar refractivity (Wildman–Crippen MR) is 100 cm³/mol. The zero-order valence-electron chi connectivity index (χ0n) is 15.1. The molecule has 2 aliphatic carbocycles. The monoisotopic (exact) mass is 362 g/mol. The van der Waals surface area contributed by atoms with Gasteiger partial charge in [0.1, 0.15) is 6.54 Å². The smallest absolute Gasteiger partial charge is 0.243 e. The van der Waals surface area contributed by atoms with E-state index in [1.54, 1.807) is 4.90 Å². The van der Waals surface area contributed by atoms with Crippen LogP contribution in [-0.2, 0) is 14.4 Å². The maximum Gasteiger partial charge on any atom is 0.243 e. The Kier molecular flexibility index (Phi) is 3.78. The largest absolute Gasteiger partial charge is 0.337 e. The van der Waals surface area contributed by atoms with E-state index in [9.17, 15) is 14.4 Å². The van der Waals surface area contributed by atoms with Gasteiger partial charge in [0, 0.05) is 13.1 Å². The van der Waals surface area contributed by atoms with Gasteiger partial charge in [0.2, 0.25) is 17.7 Å². The van der Waals surface area contributed by atoms with Crippen LogP contribution < -0.4 is 0 Å². The Morgan fingerprint density at radius 2 is 1.67 bits per heavy atom. The van der Waals surface area contributed by atoms with Crippen LogP contribution in [0.4, 0.5) is 0 Å². The minimum absolute atomic E-state index is 0.112. The van der Waals surface area contributed by atoms with E-state index in [-0.39, 0.29) is 47.9 Å². The van der Waals surface area contributed by atoms with Crippen molar-refractivity contribution in [2.45, 2.75) is 12.8 Å². The molecule has 0 unspecified atom stereocenters. The molecule has 0 aromatic heterocycles. The fourth-order valence-electron chi connectivity index (χ4n) is 5.17. The summed E-state index contributed by atoms with van der Waals surface area (Å²) in [4.78, 5) is 41.2. The lowest BCUT2D eigenvalue weighted by atomic mass is 9.85. The zero-order valence-corrected chi connectivity index (χ0v) is 15.1. The van der Waals surface area contributed by atoms with Gasteiger partial charge in [-0.25, -0.2) is 0 Å². The number of fused-ring (bicyclic) bond motifs is 5. The van der Waals surface area contributed by atoms with E-state index >= 15 is 0 Å². The summed E-state index contributed by atoms with van der Waals surface area (Å²) in [5.41, 5.74) is 2.43. The Bertz CT molecular complexity index is 843. The van der Waals surface area contributed by atoms with E-state index in [4.69, 9.17) is 0 Å². The van der Waals surface area contributed by atoms with Crippen LogP contribution in [0.25, 0.3) is 5.57 Å². The van der Waals surface area contributed by atoms with E-state index in [0.717, 1.165) is 12.8 Å². The van der Waals surface area contributed by atoms with Crippen molar-refractivity contribution in [1.29, 1.82) is 0 Å². The van der Waals surface area contributed by atoms with Gasteiger partial charge >= 0.3 is 0 Å². The first-order valence-corrected chi connectivity index (χ1v) is 9.69. The van der Waals surface area contributed by atoms with Gasteiger partial charge in [0.15, 0.2) is 0 Å². The normalized spacial score (nSPS) is 31.5. The van der Waals surface area contributed by atoms with Gasteiger partial charge in [-0.15, -0.1) is 0 Å². The number of rotatable bonds is 3. The first kappa shape index (κ1) is 16.5. The highest BCUT2D eigenvalue weighted by Crippen LogP contribution is 2.52. The van der Waals surface area contributed by atoms with Crippen molar-refractivity contribution in [3.63, 3.8) is 0 Å². The first-order valence-electron chi connectivity index (χ1n) is 9.69. The predicted octanol–water partition coefficient (Wildman–Crippen LogP) is 2.11. The lowest BCUT2D eigenvalue weighted by molar-refractivity contribution is -0.147. The Balaban J connectivity index is 1.25. The van der Waals surface area contributed by atoms with Crippen molar-refractivity contribution >= 4 is 23.3 Å². The number of hydrogen-bond acceptors (Lipinski definition) is 3. The summed E-state index contributed by atoms with van der Waals surface area (Å²) in [5.74, 6) is -0.524. The molecule has 5 rings (SSSR count). The third-order valence-electron chi connectivity index (χ3n) is 6.56. The van der Waals surface area contributed by atoms with E-state index in [2.05, 4.69) is 30.4 Å². The highest BCUT2D eigenvalue weighted by atomic mass is 16.2. The number of carbonyl (C=O) groups is 3. The number of imide groups is 1. The Labute approximate surface area is 158 Å². The number of likely N-dealkylation sites (tertiary alicyclic amines) is 1. The van der Waals surface area contributed by atoms with Gasteiger partial charge in [-0.1, -0.05) is 48.6 Å². The van der Waals surface area contributed by atoms with Crippen LogP contribution in [-0.4, -0.2) is 47.2 Å². The minimum Gasteiger partial charge on any atom is -0.337 e. The molecule has 5 nitrogen and oxygen atoms in total. The molecule has 0 radical (unpaired) electrons. The van der Waals surface area contributed by atoms with Crippen molar-refractivity contribution < 1.29 is 14.4 Å². The van der Waals surface area contributed by atoms with Crippen molar-refractivity contribution in [2.75, 3.05) is 19.6 Å². The van der Waals surface area contributed by atoms with Gasteiger partial charge < -0.3 is 4.90 Å². The zero-order chi connectivity index (χ0) is 18.5. The fraction of sp³-hybridized carbons (Fsp3) is 0.409. The van der Waals surface area contributed by atoms with Crippen LogP contribution in [0.1, 0.15) is 18.4 Å². The summed E-state index contributed by atoms with van der Waals surface area (Å²) in [6.45, 7) is 1.03. The van der Waals surface area contributed by atoms with Gasteiger partial charge in [-0.3, -0.25) is 19.3 Å². The highest BCUT2D eigenvalue weighted by molar-refractivity contribution is 6.08. The lowest BCUT2D eigenvalue weighted by Gasteiger charge is -2.28. The molecule has 1 saturated heterocycles. The summed E-state index contributed by atoms with van der Waals surface area (Å²) in [6.07, 6.45) is 7.92. The van der Waals surface area contributed by atoms with Crippen LogP contribution in [0.5, 0.6) is 0 Å². The summed E-state index contributed by atoms with van der Waals surface area (Å²) in [7, 11) is 0. The van der Waals surface area contributed by atoms with E-state index in [0.29, 0.717) is 13.1 Å². The van der Waals surface area contributed by atoms with E-state index < -0.39 is 0 Å². The molecule has 2 fully saturated rings. The molecule has 1 saturated carbocycles.